The molecule has 4 heteroatoms. The van der Waals surface area contributed by atoms with Crippen molar-refractivity contribution in [3.05, 3.63) is 57.4 Å². The lowest BCUT2D eigenvalue weighted by molar-refractivity contribution is 0.153. The van der Waals surface area contributed by atoms with Crippen molar-refractivity contribution in [3.8, 4) is 0 Å². The van der Waals surface area contributed by atoms with Crippen LogP contribution in [0.15, 0.2) is 46.2 Å². The Morgan fingerprint density at radius 2 is 2.17 bits per heavy atom. The number of thiophene rings is 1. The second-order valence-corrected chi connectivity index (χ2v) is 5.55. The summed E-state index contributed by atoms with van der Waals surface area (Å²) in [4.78, 5) is 1.13. The van der Waals surface area contributed by atoms with Crippen LogP contribution >= 0.6 is 22.9 Å². The molecule has 1 atom stereocenters. The molecule has 0 aliphatic rings. The number of aliphatic hydroxyl groups is 1. The molecule has 0 radical (unpaired) electrons. The Balaban J connectivity index is 1.92. The average Bonchev–Trinajstić information content (AvgIpc) is 2.97. The van der Waals surface area contributed by atoms with Crippen LogP contribution < -0.4 is 0 Å². The van der Waals surface area contributed by atoms with Gasteiger partial charge in [-0.25, -0.2) is 0 Å². The van der Waals surface area contributed by atoms with Crippen LogP contribution in [0.25, 0.3) is 11.0 Å². The van der Waals surface area contributed by atoms with Crippen LogP contribution in [0.5, 0.6) is 0 Å². The number of furan rings is 1. The number of halogens is 1. The molecule has 18 heavy (non-hydrogen) atoms. The molecule has 1 unspecified atom stereocenters. The Morgan fingerprint density at radius 3 is 2.89 bits per heavy atom. The third-order valence-electron chi connectivity index (χ3n) is 2.82. The van der Waals surface area contributed by atoms with E-state index in [0.717, 1.165) is 10.3 Å². The van der Waals surface area contributed by atoms with Gasteiger partial charge in [-0.15, -0.1) is 11.3 Å². The molecule has 0 saturated heterocycles. The van der Waals surface area contributed by atoms with Gasteiger partial charge in [-0.2, -0.15) is 0 Å². The van der Waals surface area contributed by atoms with Crippen LogP contribution in [-0.2, 0) is 6.42 Å². The minimum Gasteiger partial charge on any atom is -0.457 e. The van der Waals surface area contributed by atoms with Crippen molar-refractivity contribution in [2.75, 3.05) is 0 Å². The molecule has 0 aliphatic carbocycles. The van der Waals surface area contributed by atoms with Crippen LogP contribution in [0.3, 0.4) is 0 Å². The van der Waals surface area contributed by atoms with E-state index in [1.807, 2.05) is 35.7 Å². The largest absolute Gasteiger partial charge is 0.457 e. The summed E-state index contributed by atoms with van der Waals surface area (Å²) in [5.41, 5.74) is 0.638. The van der Waals surface area contributed by atoms with Gasteiger partial charge in [0.05, 0.1) is 5.02 Å². The Hall–Kier alpha value is -1.29. The average molecular weight is 279 g/mol. The molecule has 2 heterocycles. The van der Waals surface area contributed by atoms with Crippen LogP contribution in [-0.4, -0.2) is 5.11 Å². The number of fused-ring (bicyclic) bond motifs is 1. The molecule has 0 amide bonds. The van der Waals surface area contributed by atoms with Gasteiger partial charge in [0.2, 0.25) is 0 Å². The number of benzene rings is 1. The predicted octanol–water partition coefficient (Wildman–Crippen LogP) is 4.42. The fourth-order valence-corrected chi connectivity index (χ4v) is 2.90. The summed E-state index contributed by atoms with van der Waals surface area (Å²) in [5.74, 6) is 0.562. The SMILES string of the molecule is OC(Cc1cccs1)c1cc2cccc(Cl)c2o1. The molecule has 0 bridgehead atoms. The minimum absolute atomic E-state index is 0.562. The van der Waals surface area contributed by atoms with Gasteiger partial charge < -0.3 is 9.52 Å². The molecule has 0 aliphatic heterocycles. The first-order chi connectivity index (χ1) is 8.74. The summed E-state index contributed by atoms with van der Waals surface area (Å²) in [7, 11) is 0. The zero-order valence-corrected chi connectivity index (χ0v) is 11.0. The van der Waals surface area contributed by atoms with Crippen LogP contribution in [0.1, 0.15) is 16.7 Å². The molecule has 0 fully saturated rings. The maximum atomic E-state index is 10.2. The van der Waals surface area contributed by atoms with Crippen molar-refractivity contribution in [3.63, 3.8) is 0 Å². The minimum atomic E-state index is -0.632. The standard InChI is InChI=1S/C14H11ClO2S/c15-11-5-1-3-9-7-13(17-14(9)11)12(16)8-10-4-2-6-18-10/h1-7,12,16H,8H2. The summed E-state index contributed by atoms with van der Waals surface area (Å²) < 4.78 is 5.63. The summed E-state index contributed by atoms with van der Waals surface area (Å²) in [5, 5.41) is 13.6. The van der Waals surface area contributed by atoms with Crippen molar-refractivity contribution in [2.24, 2.45) is 0 Å². The highest BCUT2D eigenvalue weighted by atomic mass is 35.5. The Kier molecular flexibility index (Phi) is 3.12. The molecule has 0 spiro atoms. The van der Waals surface area contributed by atoms with Gasteiger partial charge in [0.15, 0.2) is 5.58 Å². The van der Waals surface area contributed by atoms with Crippen LogP contribution in [0.4, 0.5) is 0 Å². The molecule has 3 aromatic rings. The van der Waals surface area contributed by atoms with Gasteiger partial charge >= 0.3 is 0 Å². The maximum absolute atomic E-state index is 10.2. The maximum Gasteiger partial charge on any atom is 0.152 e. The van der Waals surface area contributed by atoms with Gasteiger partial charge in [-0.3, -0.25) is 0 Å². The molecule has 92 valence electrons. The number of aliphatic hydroxyl groups excluding tert-OH is 1. The second-order valence-electron chi connectivity index (χ2n) is 4.11. The lowest BCUT2D eigenvalue weighted by Gasteiger charge is -2.04. The van der Waals surface area contributed by atoms with Gasteiger partial charge in [-0.1, -0.05) is 29.8 Å². The summed E-state index contributed by atoms with van der Waals surface area (Å²) in [6.45, 7) is 0. The van der Waals surface area contributed by atoms with Gasteiger partial charge in [0.1, 0.15) is 11.9 Å². The molecule has 2 nitrogen and oxygen atoms in total. The monoisotopic (exact) mass is 278 g/mol. The lowest BCUT2D eigenvalue weighted by atomic mass is 10.1. The molecule has 0 saturated carbocycles. The lowest BCUT2D eigenvalue weighted by Crippen LogP contribution is -1.98. The van der Waals surface area contributed by atoms with Gasteiger partial charge in [0, 0.05) is 16.7 Å². The molecular weight excluding hydrogens is 268 g/mol. The normalized spacial score (nSPS) is 13.0. The Labute approximate surface area is 113 Å². The van der Waals surface area contributed by atoms with E-state index < -0.39 is 6.10 Å². The highest BCUT2D eigenvalue weighted by Gasteiger charge is 2.15. The van der Waals surface area contributed by atoms with Crippen LogP contribution in [0, 0.1) is 0 Å². The van der Waals surface area contributed by atoms with Crippen molar-refractivity contribution in [1.82, 2.24) is 0 Å². The molecule has 3 rings (SSSR count). The zero-order valence-electron chi connectivity index (χ0n) is 9.47. The number of hydrogen-bond acceptors (Lipinski definition) is 3. The second kappa shape index (κ2) is 4.76. The smallest absolute Gasteiger partial charge is 0.152 e. The topological polar surface area (TPSA) is 33.4 Å². The summed E-state index contributed by atoms with van der Waals surface area (Å²) in [6, 6.07) is 11.4. The number of para-hydroxylation sites is 1. The first-order valence-electron chi connectivity index (χ1n) is 5.62. The summed E-state index contributed by atoms with van der Waals surface area (Å²) in [6.07, 6.45) is -0.0677. The number of hydrogen-bond donors (Lipinski definition) is 1. The first-order valence-corrected chi connectivity index (χ1v) is 6.88. The predicted molar refractivity (Wildman–Crippen MR) is 74.2 cm³/mol. The molecule has 1 N–H and O–H groups in total. The Bertz CT molecular complexity index is 658. The molecular formula is C14H11ClO2S. The van der Waals surface area contributed by atoms with Gasteiger partial charge in [-0.05, 0) is 23.6 Å². The highest BCUT2D eigenvalue weighted by molar-refractivity contribution is 7.09. The van der Waals surface area contributed by atoms with E-state index in [1.54, 1.807) is 17.4 Å². The Morgan fingerprint density at radius 1 is 1.28 bits per heavy atom. The van der Waals surface area contributed by atoms with Crippen LogP contribution in [0.2, 0.25) is 5.02 Å². The first kappa shape index (κ1) is 11.8. The third kappa shape index (κ3) is 2.17. The van der Waals surface area contributed by atoms with E-state index in [1.165, 1.54) is 0 Å². The molecule has 1 aromatic carbocycles. The quantitative estimate of drug-likeness (QED) is 0.769. The van der Waals surface area contributed by atoms with E-state index in [-0.39, 0.29) is 0 Å². The van der Waals surface area contributed by atoms with Crippen molar-refractivity contribution in [1.29, 1.82) is 0 Å². The zero-order chi connectivity index (χ0) is 12.5. The van der Waals surface area contributed by atoms with Crippen molar-refractivity contribution in [2.45, 2.75) is 12.5 Å². The molecule has 2 aromatic heterocycles. The fraction of sp³-hybridized carbons (Fsp3) is 0.143. The third-order valence-corrected chi connectivity index (χ3v) is 4.01. The fourth-order valence-electron chi connectivity index (χ4n) is 1.93. The van der Waals surface area contributed by atoms with Gasteiger partial charge in [0.25, 0.3) is 0 Å². The van der Waals surface area contributed by atoms with E-state index in [9.17, 15) is 5.11 Å². The highest BCUT2D eigenvalue weighted by Crippen LogP contribution is 2.31. The van der Waals surface area contributed by atoms with E-state index in [4.69, 9.17) is 16.0 Å². The van der Waals surface area contributed by atoms with E-state index in [0.29, 0.717) is 22.8 Å². The van der Waals surface area contributed by atoms with E-state index >= 15 is 0 Å². The van der Waals surface area contributed by atoms with Crippen molar-refractivity contribution < 1.29 is 9.52 Å². The van der Waals surface area contributed by atoms with Crippen molar-refractivity contribution >= 4 is 33.9 Å². The summed E-state index contributed by atoms with van der Waals surface area (Å²) >= 11 is 7.67. The number of rotatable bonds is 3. The van der Waals surface area contributed by atoms with E-state index in [2.05, 4.69) is 0 Å².